The summed E-state index contributed by atoms with van der Waals surface area (Å²) >= 11 is 0. The number of carbonyl (C=O) groups is 1. The van der Waals surface area contributed by atoms with Gasteiger partial charge in [0, 0.05) is 26.3 Å². The van der Waals surface area contributed by atoms with Crippen molar-refractivity contribution in [3.8, 4) is 0 Å². The fourth-order valence-corrected chi connectivity index (χ4v) is 2.74. The largest absolute Gasteiger partial charge is 0.381 e. The van der Waals surface area contributed by atoms with Crippen LogP contribution in [0.4, 0.5) is 0 Å². The summed E-state index contributed by atoms with van der Waals surface area (Å²) in [7, 11) is 0. The Morgan fingerprint density at radius 3 is 2.59 bits per heavy atom. The first-order chi connectivity index (χ1) is 8.27. The predicted octanol–water partition coefficient (Wildman–Crippen LogP) is 1.05. The molecule has 0 spiro atoms. The van der Waals surface area contributed by atoms with Crippen molar-refractivity contribution in [3.05, 3.63) is 0 Å². The third-order valence-electron chi connectivity index (χ3n) is 4.36. The zero-order chi connectivity index (χ0) is 12.1. The Bertz CT molecular complexity index is 253. The predicted molar refractivity (Wildman–Crippen MR) is 66.5 cm³/mol. The van der Waals surface area contributed by atoms with Crippen LogP contribution in [0.15, 0.2) is 0 Å². The van der Waals surface area contributed by atoms with E-state index in [1.54, 1.807) is 0 Å². The van der Waals surface area contributed by atoms with Crippen LogP contribution < -0.4 is 11.1 Å². The van der Waals surface area contributed by atoms with Crippen LogP contribution >= 0.6 is 0 Å². The number of ether oxygens (including phenoxy) is 1. The van der Waals surface area contributed by atoms with Crippen LogP contribution in [0.5, 0.6) is 0 Å². The van der Waals surface area contributed by atoms with Gasteiger partial charge in [0.2, 0.25) is 5.91 Å². The Morgan fingerprint density at radius 1 is 1.35 bits per heavy atom. The Morgan fingerprint density at radius 2 is 2.06 bits per heavy atom. The maximum absolute atomic E-state index is 12.0. The molecule has 1 saturated carbocycles. The molecule has 3 N–H and O–H groups in total. The fourth-order valence-electron chi connectivity index (χ4n) is 2.74. The van der Waals surface area contributed by atoms with Crippen molar-refractivity contribution in [2.45, 2.75) is 38.5 Å². The van der Waals surface area contributed by atoms with Crippen LogP contribution in [0, 0.1) is 11.3 Å². The topological polar surface area (TPSA) is 64.4 Å². The number of rotatable bonds is 5. The van der Waals surface area contributed by atoms with E-state index in [2.05, 4.69) is 5.32 Å². The number of hydrogen-bond acceptors (Lipinski definition) is 3. The van der Waals surface area contributed by atoms with Gasteiger partial charge in [-0.05, 0) is 38.0 Å². The van der Waals surface area contributed by atoms with E-state index in [4.69, 9.17) is 10.5 Å². The second-order valence-electron chi connectivity index (χ2n) is 5.44. The van der Waals surface area contributed by atoms with Gasteiger partial charge in [-0.3, -0.25) is 4.79 Å². The molecule has 4 nitrogen and oxygen atoms in total. The lowest BCUT2D eigenvalue weighted by Crippen LogP contribution is -2.50. The van der Waals surface area contributed by atoms with Gasteiger partial charge < -0.3 is 15.8 Å². The lowest BCUT2D eigenvalue weighted by Gasteiger charge is -2.39. The lowest BCUT2D eigenvalue weighted by molar-refractivity contribution is -0.135. The van der Waals surface area contributed by atoms with E-state index in [1.807, 2.05) is 0 Å². The average Bonchev–Trinajstić information content (AvgIpc) is 2.30. The van der Waals surface area contributed by atoms with Gasteiger partial charge in [-0.25, -0.2) is 0 Å². The van der Waals surface area contributed by atoms with Crippen molar-refractivity contribution >= 4 is 5.91 Å². The van der Waals surface area contributed by atoms with Gasteiger partial charge in [0.05, 0.1) is 5.41 Å². The molecule has 1 aliphatic heterocycles. The van der Waals surface area contributed by atoms with E-state index < -0.39 is 0 Å². The van der Waals surface area contributed by atoms with Crippen LogP contribution in [-0.4, -0.2) is 32.2 Å². The molecule has 0 aromatic heterocycles. The molecule has 98 valence electrons. The van der Waals surface area contributed by atoms with Gasteiger partial charge in [-0.15, -0.1) is 0 Å². The second kappa shape index (κ2) is 5.83. The summed E-state index contributed by atoms with van der Waals surface area (Å²) in [6.07, 6.45) is 6.43. The lowest BCUT2D eigenvalue weighted by atomic mass is 9.68. The number of nitrogens with one attached hydrogen (secondary N) is 1. The maximum atomic E-state index is 12.0. The summed E-state index contributed by atoms with van der Waals surface area (Å²) in [6.45, 7) is 3.05. The standard InChI is InChI=1S/C13H24N2O2/c14-10-13(5-1-6-13)12(16)15-7-2-11-3-8-17-9-4-11/h11H,1-10,14H2,(H,15,16). The van der Waals surface area contributed by atoms with E-state index in [-0.39, 0.29) is 11.3 Å². The smallest absolute Gasteiger partial charge is 0.227 e. The van der Waals surface area contributed by atoms with Gasteiger partial charge in [-0.2, -0.15) is 0 Å². The van der Waals surface area contributed by atoms with E-state index in [0.29, 0.717) is 6.54 Å². The van der Waals surface area contributed by atoms with Crippen molar-refractivity contribution in [2.75, 3.05) is 26.3 Å². The molecule has 1 saturated heterocycles. The molecule has 2 rings (SSSR count). The highest BCUT2D eigenvalue weighted by Gasteiger charge is 2.42. The van der Waals surface area contributed by atoms with Crippen LogP contribution in [0.1, 0.15) is 38.5 Å². The van der Waals surface area contributed by atoms with Gasteiger partial charge >= 0.3 is 0 Å². The van der Waals surface area contributed by atoms with E-state index in [9.17, 15) is 4.79 Å². The summed E-state index contributed by atoms with van der Waals surface area (Å²) in [5.74, 6) is 0.901. The Hall–Kier alpha value is -0.610. The molecular weight excluding hydrogens is 216 g/mol. The van der Waals surface area contributed by atoms with Gasteiger partial charge in [-0.1, -0.05) is 6.42 Å². The molecule has 0 bridgehead atoms. The van der Waals surface area contributed by atoms with E-state index in [0.717, 1.165) is 64.2 Å². The van der Waals surface area contributed by atoms with Crippen molar-refractivity contribution in [1.29, 1.82) is 0 Å². The highest BCUT2D eigenvalue weighted by Crippen LogP contribution is 2.39. The Kier molecular flexibility index (Phi) is 4.40. The van der Waals surface area contributed by atoms with Crippen molar-refractivity contribution in [3.63, 3.8) is 0 Å². The molecule has 0 radical (unpaired) electrons. The zero-order valence-corrected chi connectivity index (χ0v) is 10.5. The summed E-state index contributed by atoms with van der Waals surface area (Å²) in [4.78, 5) is 12.0. The minimum absolute atomic E-state index is 0.179. The Labute approximate surface area is 103 Å². The summed E-state index contributed by atoms with van der Waals surface area (Å²) in [6, 6.07) is 0. The molecule has 1 amide bonds. The van der Waals surface area contributed by atoms with Crippen molar-refractivity contribution < 1.29 is 9.53 Å². The van der Waals surface area contributed by atoms with Gasteiger partial charge in [0.1, 0.15) is 0 Å². The molecule has 2 fully saturated rings. The highest BCUT2D eigenvalue weighted by atomic mass is 16.5. The van der Waals surface area contributed by atoms with Crippen LogP contribution in [-0.2, 0) is 9.53 Å². The van der Waals surface area contributed by atoms with Crippen LogP contribution in [0.3, 0.4) is 0 Å². The molecule has 0 atom stereocenters. The third-order valence-corrected chi connectivity index (χ3v) is 4.36. The molecule has 0 aromatic rings. The number of amides is 1. The molecule has 17 heavy (non-hydrogen) atoms. The number of carbonyl (C=O) groups excluding carboxylic acids is 1. The quantitative estimate of drug-likeness (QED) is 0.755. The molecular formula is C13H24N2O2. The minimum Gasteiger partial charge on any atom is -0.381 e. The van der Waals surface area contributed by atoms with E-state index in [1.165, 1.54) is 0 Å². The van der Waals surface area contributed by atoms with Crippen LogP contribution in [0.25, 0.3) is 0 Å². The summed E-state index contributed by atoms with van der Waals surface area (Å²) in [5, 5.41) is 3.06. The van der Waals surface area contributed by atoms with Crippen LogP contribution in [0.2, 0.25) is 0 Å². The molecule has 0 unspecified atom stereocenters. The van der Waals surface area contributed by atoms with Gasteiger partial charge in [0.15, 0.2) is 0 Å². The third kappa shape index (κ3) is 2.99. The zero-order valence-electron chi connectivity index (χ0n) is 10.5. The monoisotopic (exact) mass is 240 g/mol. The van der Waals surface area contributed by atoms with E-state index >= 15 is 0 Å². The van der Waals surface area contributed by atoms with Crippen molar-refractivity contribution in [2.24, 2.45) is 17.1 Å². The number of hydrogen-bond donors (Lipinski definition) is 2. The first-order valence-electron chi connectivity index (χ1n) is 6.83. The summed E-state index contributed by atoms with van der Waals surface area (Å²) < 4.78 is 5.32. The molecule has 1 heterocycles. The van der Waals surface area contributed by atoms with Crippen molar-refractivity contribution in [1.82, 2.24) is 5.32 Å². The maximum Gasteiger partial charge on any atom is 0.227 e. The summed E-state index contributed by atoms with van der Waals surface area (Å²) in [5.41, 5.74) is 5.48. The first-order valence-corrected chi connectivity index (χ1v) is 6.83. The minimum atomic E-state index is -0.227. The average molecular weight is 240 g/mol. The highest BCUT2D eigenvalue weighted by molar-refractivity contribution is 5.83. The van der Waals surface area contributed by atoms with Gasteiger partial charge in [0.25, 0.3) is 0 Å². The fraction of sp³-hybridized carbons (Fsp3) is 0.923. The molecule has 0 aromatic carbocycles. The first kappa shape index (κ1) is 12.8. The molecule has 2 aliphatic rings. The molecule has 4 heteroatoms. The number of nitrogens with two attached hydrogens (primary N) is 1. The Balaban J connectivity index is 1.65. The second-order valence-corrected chi connectivity index (χ2v) is 5.44. The SMILES string of the molecule is NCC1(C(=O)NCCC2CCOCC2)CCC1. The molecule has 1 aliphatic carbocycles. The normalized spacial score (nSPS) is 24.1.